The maximum absolute atomic E-state index is 11.8. The molecule has 3 aromatic rings. The molecule has 0 radical (unpaired) electrons. The monoisotopic (exact) mass is 294 g/mol. The van der Waals surface area contributed by atoms with Crippen LogP contribution in [-0.2, 0) is 6.54 Å². The maximum atomic E-state index is 11.8. The summed E-state index contributed by atoms with van der Waals surface area (Å²) in [6.07, 6.45) is 3.35. The molecule has 0 unspecified atom stereocenters. The molecule has 0 aliphatic heterocycles. The standard InChI is InChI=1S/C15H14N6O/c22-15(17-13-7-4-9-16-19-13)18-14-8-10-21(20-14)11-12-5-2-1-3-6-12/h1-10H,11H2,(H2,17,18,19,20,22). The molecule has 0 saturated heterocycles. The zero-order valence-electron chi connectivity index (χ0n) is 11.7. The number of amides is 2. The number of aromatic nitrogens is 4. The predicted molar refractivity (Wildman–Crippen MR) is 82.4 cm³/mol. The number of hydrogen-bond acceptors (Lipinski definition) is 4. The SMILES string of the molecule is O=C(Nc1cccnn1)Nc1ccn(Cc2ccccc2)n1. The summed E-state index contributed by atoms with van der Waals surface area (Å²) >= 11 is 0. The number of hydrogen-bond donors (Lipinski definition) is 2. The molecule has 1 aromatic carbocycles. The predicted octanol–water partition coefficient (Wildman–Crippen LogP) is 2.37. The van der Waals surface area contributed by atoms with Crippen LogP contribution in [0.15, 0.2) is 60.9 Å². The van der Waals surface area contributed by atoms with Gasteiger partial charge in [-0.15, -0.1) is 5.10 Å². The second-order valence-corrected chi connectivity index (χ2v) is 4.57. The summed E-state index contributed by atoms with van der Waals surface area (Å²) in [5, 5.41) is 17.0. The van der Waals surface area contributed by atoms with Crippen molar-refractivity contribution in [1.82, 2.24) is 20.0 Å². The normalized spacial score (nSPS) is 10.2. The molecular weight excluding hydrogens is 280 g/mol. The van der Waals surface area contributed by atoms with Gasteiger partial charge in [-0.3, -0.25) is 15.3 Å². The fourth-order valence-electron chi connectivity index (χ4n) is 1.92. The molecule has 7 nitrogen and oxygen atoms in total. The van der Waals surface area contributed by atoms with Crippen molar-refractivity contribution < 1.29 is 4.79 Å². The van der Waals surface area contributed by atoms with E-state index >= 15 is 0 Å². The van der Waals surface area contributed by atoms with Gasteiger partial charge in [0.2, 0.25) is 0 Å². The molecule has 0 spiro atoms. The first kappa shape index (κ1) is 13.7. The first-order valence-corrected chi connectivity index (χ1v) is 6.73. The molecule has 2 amide bonds. The minimum absolute atomic E-state index is 0.378. The molecule has 0 aliphatic carbocycles. The second kappa shape index (κ2) is 6.49. The summed E-state index contributed by atoms with van der Waals surface area (Å²) in [5.41, 5.74) is 1.14. The summed E-state index contributed by atoms with van der Waals surface area (Å²) in [6.45, 7) is 0.647. The Balaban J connectivity index is 1.58. The summed E-state index contributed by atoms with van der Waals surface area (Å²) in [7, 11) is 0. The molecule has 0 atom stereocenters. The number of nitrogens with zero attached hydrogens (tertiary/aromatic N) is 4. The minimum Gasteiger partial charge on any atom is -0.291 e. The maximum Gasteiger partial charge on any atom is 0.326 e. The zero-order chi connectivity index (χ0) is 15.2. The van der Waals surface area contributed by atoms with E-state index in [0.717, 1.165) is 5.56 Å². The Kier molecular flexibility index (Phi) is 4.05. The molecule has 0 fully saturated rings. The van der Waals surface area contributed by atoms with E-state index in [1.54, 1.807) is 22.9 Å². The Labute approximate surface area is 127 Å². The lowest BCUT2D eigenvalue weighted by molar-refractivity contribution is 0.262. The van der Waals surface area contributed by atoms with Crippen molar-refractivity contribution in [2.75, 3.05) is 10.6 Å². The lowest BCUT2D eigenvalue weighted by atomic mass is 10.2. The summed E-state index contributed by atoms with van der Waals surface area (Å²) in [6, 6.07) is 14.6. The number of carbonyl (C=O) groups is 1. The van der Waals surface area contributed by atoms with Gasteiger partial charge in [0.05, 0.1) is 6.54 Å². The van der Waals surface area contributed by atoms with Crippen LogP contribution < -0.4 is 10.6 Å². The van der Waals surface area contributed by atoms with Crippen LogP contribution >= 0.6 is 0 Å². The molecule has 7 heteroatoms. The van der Waals surface area contributed by atoms with Crippen LogP contribution in [0.2, 0.25) is 0 Å². The first-order valence-electron chi connectivity index (χ1n) is 6.73. The fourth-order valence-corrected chi connectivity index (χ4v) is 1.92. The van der Waals surface area contributed by atoms with Crippen molar-refractivity contribution in [3.8, 4) is 0 Å². The molecule has 0 aliphatic rings. The van der Waals surface area contributed by atoms with E-state index in [4.69, 9.17) is 0 Å². The topological polar surface area (TPSA) is 84.7 Å². The zero-order valence-corrected chi connectivity index (χ0v) is 11.7. The van der Waals surface area contributed by atoms with Crippen LogP contribution in [0.3, 0.4) is 0 Å². The van der Waals surface area contributed by atoms with E-state index < -0.39 is 6.03 Å². The van der Waals surface area contributed by atoms with Gasteiger partial charge in [-0.05, 0) is 17.7 Å². The number of nitrogens with one attached hydrogen (secondary N) is 2. The molecule has 2 N–H and O–H groups in total. The third kappa shape index (κ3) is 3.66. The van der Waals surface area contributed by atoms with Crippen molar-refractivity contribution in [2.45, 2.75) is 6.54 Å². The highest BCUT2D eigenvalue weighted by molar-refractivity contribution is 5.98. The second-order valence-electron chi connectivity index (χ2n) is 4.57. The lowest BCUT2D eigenvalue weighted by Crippen LogP contribution is -2.20. The number of carbonyl (C=O) groups excluding carboxylic acids is 1. The third-order valence-electron chi connectivity index (χ3n) is 2.88. The largest absolute Gasteiger partial charge is 0.326 e. The molecule has 2 heterocycles. The van der Waals surface area contributed by atoms with Gasteiger partial charge in [-0.25, -0.2) is 4.79 Å². The van der Waals surface area contributed by atoms with Crippen molar-refractivity contribution in [3.05, 3.63) is 66.5 Å². The van der Waals surface area contributed by atoms with E-state index in [-0.39, 0.29) is 0 Å². The van der Waals surface area contributed by atoms with Crippen LogP contribution in [0.1, 0.15) is 5.56 Å². The average molecular weight is 294 g/mol. The van der Waals surface area contributed by atoms with Crippen molar-refractivity contribution in [3.63, 3.8) is 0 Å². The number of benzene rings is 1. The van der Waals surface area contributed by atoms with Crippen LogP contribution in [0.5, 0.6) is 0 Å². The van der Waals surface area contributed by atoms with Gasteiger partial charge in [0.15, 0.2) is 11.6 Å². The summed E-state index contributed by atoms with van der Waals surface area (Å²) < 4.78 is 1.76. The van der Waals surface area contributed by atoms with E-state index in [1.165, 1.54) is 6.20 Å². The smallest absolute Gasteiger partial charge is 0.291 e. The number of rotatable bonds is 4. The molecule has 0 saturated carbocycles. The lowest BCUT2D eigenvalue weighted by Gasteiger charge is -2.04. The number of anilines is 2. The van der Waals surface area contributed by atoms with E-state index in [2.05, 4.69) is 25.9 Å². The van der Waals surface area contributed by atoms with E-state index in [1.807, 2.05) is 36.5 Å². The minimum atomic E-state index is -0.412. The highest BCUT2D eigenvalue weighted by Gasteiger charge is 2.06. The summed E-state index contributed by atoms with van der Waals surface area (Å²) in [5.74, 6) is 0.848. The quantitative estimate of drug-likeness (QED) is 0.773. The van der Waals surface area contributed by atoms with Gasteiger partial charge in [-0.1, -0.05) is 30.3 Å². The number of urea groups is 1. The Morgan fingerprint density at radius 1 is 1.00 bits per heavy atom. The van der Waals surface area contributed by atoms with Gasteiger partial charge < -0.3 is 0 Å². The van der Waals surface area contributed by atoms with E-state index in [9.17, 15) is 4.79 Å². The molecular formula is C15H14N6O. The Morgan fingerprint density at radius 2 is 1.82 bits per heavy atom. The molecule has 0 bridgehead atoms. The highest BCUT2D eigenvalue weighted by atomic mass is 16.2. The van der Waals surface area contributed by atoms with Gasteiger partial charge in [0.1, 0.15) is 0 Å². The highest BCUT2D eigenvalue weighted by Crippen LogP contribution is 2.07. The van der Waals surface area contributed by atoms with Crippen LogP contribution in [0.4, 0.5) is 16.4 Å². The molecule has 2 aromatic heterocycles. The van der Waals surface area contributed by atoms with Crippen LogP contribution in [-0.4, -0.2) is 26.0 Å². The Bertz CT molecular complexity index is 741. The molecule has 22 heavy (non-hydrogen) atoms. The van der Waals surface area contributed by atoms with Crippen LogP contribution in [0.25, 0.3) is 0 Å². The summed E-state index contributed by atoms with van der Waals surface area (Å²) in [4.78, 5) is 11.8. The fraction of sp³-hybridized carbons (Fsp3) is 0.0667. The van der Waals surface area contributed by atoms with E-state index in [0.29, 0.717) is 18.2 Å². The van der Waals surface area contributed by atoms with Gasteiger partial charge in [0.25, 0.3) is 0 Å². The Hall–Kier alpha value is -3.22. The van der Waals surface area contributed by atoms with Gasteiger partial charge in [-0.2, -0.15) is 10.2 Å². The molecule has 3 rings (SSSR count). The van der Waals surface area contributed by atoms with Gasteiger partial charge in [0, 0.05) is 18.5 Å². The van der Waals surface area contributed by atoms with Crippen molar-refractivity contribution in [1.29, 1.82) is 0 Å². The van der Waals surface area contributed by atoms with Crippen LogP contribution in [0, 0.1) is 0 Å². The first-order chi connectivity index (χ1) is 10.8. The average Bonchev–Trinajstić information content (AvgIpc) is 2.96. The molecule has 110 valence electrons. The van der Waals surface area contributed by atoms with Crippen molar-refractivity contribution >= 4 is 17.7 Å². The van der Waals surface area contributed by atoms with Crippen molar-refractivity contribution in [2.24, 2.45) is 0 Å². The Morgan fingerprint density at radius 3 is 2.59 bits per heavy atom. The van der Waals surface area contributed by atoms with Gasteiger partial charge >= 0.3 is 6.03 Å². The third-order valence-corrected chi connectivity index (χ3v) is 2.88.